The Morgan fingerprint density at radius 1 is 1.17 bits per heavy atom. The standard InChI is InChI=1S/C13H25NO4/c1-16-8-5-9-17-10-11-18-13(15)12-6-3-2-4-7-14-12/h12,14H,2-11H2,1H3. The van der Waals surface area contributed by atoms with Crippen molar-refractivity contribution in [3.8, 4) is 0 Å². The zero-order chi connectivity index (χ0) is 13.1. The van der Waals surface area contributed by atoms with Crippen molar-refractivity contribution < 1.29 is 19.0 Å². The molecule has 5 heteroatoms. The minimum absolute atomic E-state index is 0.124. The van der Waals surface area contributed by atoms with E-state index < -0.39 is 0 Å². The first-order chi connectivity index (χ1) is 8.84. The highest BCUT2D eigenvalue weighted by atomic mass is 16.6. The molecule has 18 heavy (non-hydrogen) atoms. The van der Waals surface area contributed by atoms with E-state index in [1.807, 2.05) is 0 Å². The van der Waals surface area contributed by atoms with Crippen LogP contribution in [0.5, 0.6) is 0 Å². The van der Waals surface area contributed by atoms with Crippen LogP contribution in [0.2, 0.25) is 0 Å². The Labute approximate surface area is 109 Å². The van der Waals surface area contributed by atoms with Crippen molar-refractivity contribution in [2.75, 3.05) is 40.1 Å². The van der Waals surface area contributed by atoms with E-state index in [1.54, 1.807) is 7.11 Å². The van der Waals surface area contributed by atoms with Gasteiger partial charge in [-0.3, -0.25) is 4.79 Å². The van der Waals surface area contributed by atoms with E-state index in [9.17, 15) is 4.79 Å². The molecule has 0 bridgehead atoms. The van der Waals surface area contributed by atoms with Gasteiger partial charge in [0.05, 0.1) is 6.61 Å². The summed E-state index contributed by atoms with van der Waals surface area (Å²) in [7, 11) is 1.67. The lowest BCUT2D eigenvalue weighted by atomic mass is 10.1. The van der Waals surface area contributed by atoms with E-state index in [4.69, 9.17) is 14.2 Å². The lowest BCUT2D eigenvalue weighted by molar-refractivity contribution is -0.147. The van der Waals surface area contributed by atoms with Crippen LogP contribution in [0.25, 0.3) is 0 Å². The first kappa shape index (κ1) is 15.4. The lowest BCUT2D eigenvalue weighted by Crippen LogP contribution is -2.37. The minimum Gasteiger partial charge on any atom is -0.462 e. The maximum Gasteiger partial charge on any atom is 0.323 e. The number of carbonyl (C=O) groups excluding carboxylic acids is 1. The molecular formula is C13H25NO4. The van der Waals surface area contributed by atoms with Gasteiger partial charge in [-0.2, -0.15) is 0 Å². The van der Waals surface area contributed by atoms with Gasteiger partial charge in [0.25, 0.3) is 0 Å². The van der Waals surface area contributed by atoms with Gasteiger partial charge >= 0.3 is 5.97 Å². The van der Waals surface area contributed by atoms with Crippen molar-refractivity contribution in [1.29, 1.82) is 0 Å². The fourth-order valence-corrected chi connectivity index (χ4v) is 1.94. The first-order valence-electron chi connectivity index (χ1n) is 6.81. The Bertz CT molecular complexity index is 215. The first-order valence-corrected chi connectivity index (χ1v) is 6.81. The molecule has 1 atom stereocenters. The molecule has 5 nitrogen and oxygen atoms in total. The zero-order valence-corrected chi connectivity index (χ0v) is 11.3. The van der Waals surface area contributed by atoms with E-state index in [2.05, 4.69) is 5.32 Å². The van der Waals surface area contributed by atoms with Crippen molar-refractivity contribution in [2.45, 2.75) is 38.1 Å². The van der Waals surface area contributed by atoms with Crippen LogP contribution < -0.4 is 5.32 Å². The second-order valence-corrected chi connectivity index (χ2v) is 4.48. The topological polar surface area (TPSA) is 56.8 Å². The number of hydrogen-bond donors (Lipinski definition) is 1. The highest BCUT2D eigenvalue weighted by Crippen LogP contribution is 2.09. The number of esters is 1. The Kier molecular flexibility index (Phi) is 8.81. The summed E-state index contributed by atoms with van der Waals surface area (Å²) in [4.78, 5) is 11.7. The monoisotopic (exact) mass is 259 g/mol. The summed E-state index contributed by atoms with van der Waals surface area (Å²) >= 11 is 0. The smallest absolute Gasteiger partial charge is 0.323 e. The summed E-state index contributed by atoms with van der Waals surface area (Å²) < 4.78 is 15.4. The highest BCUT2D eigenvalue weighted by molar-refractivity contribution is 5.75. The van der Waals surface area contributed by atoms with Crippen molar-refractivity contribution in [3.05, 3.63) is 0 Å². The maximum absolute atomic E-state index is 11.7. The molecule has 1 aliphatic heterocycles. The van der Waals surface area contributed by atoms with Gasteiger partial charge in [0.2, 0.25) is 0 Å². The Hall–Kier alpha value is -0.650. The predicted octanol–water partition coefficient (Wildman–Crippen LogP) is 1.11. The molecule has 1 heterocycles. The third-order valence-electron chi connectivity index (χ3n) is 2.95. The van der Waals surface area contributed by atoms with Gasteiger partial charge in [-0.1, -0.05) is 12.8 Å². The zero-order valence-electron chi connectivity index (χ0n) is 11.3. The molecule has 0 aromatic rings. The Morgan fingerprint density at radius 2 is 2.06 bits per heavy atom. The van der Waals surface area contributed by atoms with Gasteiger partial charge in [0.1, 0.15) is 12.6 Å². The van der Waals surface area contributed by atoms with Crippen LogP contribution >= 0.6 is 0 Å². The van der Waals surface area contributed by atoms with Gasteiger partial charge in [0.15, 0.2) is 0 Å². The molecule has 1 N–H and O–H groups in total. The van der Waals surface area contributed by atoms with Crippen molar-refractivity contribution >= 4 is 5.97 Å². The third-order valence-corrected chi connectivity index (χ3v) is 2.95. The molecule has 0 aromatic heterocycles. The molecule has 1 saturated heterocycles. The number of nitrogens with one attached hydrogen (secondary N) is 1. The lowest BCUT2D eigenvalue weighted by Gasteiger charge is -2.14. The molecule has 0 amide bonds. The van der Waals surface area contributed by atoms with E-state index in [-0.39, 0.29) is 12.0 Å². The fourth-order valence-electron chi connectivity index (χ4n) is 1.94. The van der Waals surface area contributed by atoms with E-state index in [0.717, 1.165) is 32.2 Å². The van der Waals surface area contributed by atoms with E-state index in [1.165, 1.54) is 6.42 Å². The van der Waals surface area contributed by atoms with Crippen molar-refractivity contribution in [3.63, 3.8) is 0 Å². The summed E-state index contributed by atoms with van der Waals surface area (Å²) in [6.07, 6.45) is 5.19. The second-order valence-electron chi connectivity index (χ2n) is 4.48. The minimum atomic E-state index is -0.141. The van der Waals surface area contributed by atoms with E-state index >= 15 is 0 Å². The molecular weight excluding hydrogens is 234 g/mol. The Balaban J connectivity index is 1.98. The summed E-state index contributed by atoms with van der Waals surface area (Å²) in [6.45, 7) is 3.05. The molecule has 0 radical (unpaired) electrons. The molecule has 1 rings (SSSR count). The quantitative estimate of drug-likeness (QED) is 0.523. The molecule has 0 aromatic carbocycles. The van der Waals surface area contributed by atoms with Crippen molar-refractivity contribution in [1.82, 2.24) is 5.32 Å². The van der Waals surface area contributed by atoms with Gasteiger partial charge < -0.3 is 19.5 Å². The van der Waals surface area contributed by atoms with Gasteiger partial charge in [0, 0.05) is 20.3 Å². The summed E-state index contributed by atoms with van der Waals surface area (Å²) in [5.41, 5.74) is 0. The van der Waals surface area contributed by atoms with Crippen LogP contribution in [-0.4, -0.2) is 52.1 Å². The van der Waals surface area contributed by atoms with Crippen LogP contribution in [0.1, 0.15) is 32.1 Å². The van der Waals surface area contributed by atoms with Crippen molar-refractivity contribution in [2.24, 2.45) is 0 Å². The number of ether oxygens (including phenoxy) is 3. The molecule has 1 unspecified atom stereocenters. The van der Waals surface area contributed by atoms with Gasteiger partial charge in [-0.05, 0) is 25.8 Å². The number of methoxy groups -OCH3 is 1. The van der Waals surface area contributed by atoms with Crippen LogP contribution in [0.4, 0.5) is 0 Å². The summed E-state index contributed by atoms with van der Waals surface area (Å²) in [5, 5.41) is 3.22. The molecule has 0 spiro atoms. The van der Waals surface area contributed by atoms with Crippen LogP contribution in [0.3, 0.4) is 0 Å². The largest absolute Gasteiger partial charge is 0.462 e. The average Bonchev–Trinajstić information content (AvgIpc) is 2.66. The molecule has 0 saturated carbocycles. The SMILES string of the molecule is COCCCOCCOC(=O)C1CCCCCN1. The second kappa shape index (κ2) is 10.3. The van der Waals surface area contributed by atoms with Crippen LogP contribution in [0.15, 0.2) is 0 Å². The number of carbonyl (C=O) groups is 1. The van der Waals surface area contributed by atoms with E-state index in [0.29, 0.717) is 26.4 Å². The summed E-state index contributed by atoms with van der Waals surface area (Å²) in [5.74, 6) is -0.141. The number of rotatable bonds is 8. The molecule has 106 valence electrons. The molecule has 1 fully saturated rings. The van der Waals surface area contributed by atoms with Crippen LogP contribution in [0, 0.1) is 0 Å². The Morgan fingerprint density at radius 3 is 2.89 bits per heavy atom. The molecule has 1 aliphatic rings. The highest BCUT2D eigenvalue weighted by Gasteiger charge is 2.20. The normalized spacial score (nSPS) is 20.4. The third kappa shape index (κ3) is 6.93. The van der Waals surface area contributed by atoms with Crippen LogP contribution in [-0.2, 0) is 19.0 Å². The summed E-state index contributed by atoms with van der Waals surface area (Å²) in [6, 6.07) is -0.124. The number of hydrogen-bond acceptors (Lipinski definition) is 5. The fraction of sp³-hybridized carbons (Fsp3) is 0.923. The average molecular weight is 259 g/mol. The maximum atomic E-state index is 11.7. The van der Waals surface area contributed by atoms with Gasteiger partial charge in [-0.25, -0.2) is 0 Å². The molecule has 0 aliphatic carbocycles. The predicted molar refractivity (Wildman–Crippen MR) is 68.5 cm³/mol. The van der Waals surface area contributed by atoms with Gasteiger partial charge in [-0.15, -0.1) is 0 Å².